The van der Waals surface area contributed by atoms with Crippen molar-refractivity contribution in [2.75, 3.05) is 7.05 Å². The third-order valence-corrected chi connectivity index (χ3v) is 2.58. The zero-order valence-corrected chi connectivity index (χ0v) is 10.7. The minimum atomic E-state index is 0.378. The molecule has 2 rings (SSSR count). The molecule has 0 aliphatic heterocycles. The molecular formula is C14H17N3O. The minimum absolute atomic E-state index is 0.378. The Morgan fingerprint density at radius 1 is 1.17 bits per heavy atom. The van der Waals surface area contributed by atoms with Gasteiger partial charge in [0.1, 0.15) is 5.75 Å². The van der Waals surface area contributed by atoms with Crippen molar-refractivity contribution in [2.24, 2.45) is 0 Å². The summed E-state index contributed by atoms with van der Waals surface area (Å²) in [5.74, 6) is 0.774. The average molecular weight is 243 g/mol. The Morgan fingerprint density at radius 2 is 1.94 bits per heavy atom. The van der Waals surface area contributed by atoms with Crippen LogP contribution >= 0.6 is 0 Å². The summed E-state index contributed by atoms with van der Waals surface area (Å²) in [7, 11) is 1.89. The molecule has 0 spiro atoms. The average Bonchev–Trinajstić information content (AvgIpc) is 2.42. The summed E-state index contributed by atoms with van der Waals surface area (Å²) >= 11 is 0. The molecule has 0 aliphatic carbocycles. The smallest absolute Gasteiger partial charge is 0.321 e. The van der Waals surface area contributed by atoms with Gasteiger partial charge in [0.2, 0.25) is 0 Å². The van der Waals surface area contributed by atoms with Gasteiger partial charge in [-0.25, -0.2) is 9.97 Å². The summed E-state index contributed by atoms with van der Waals surface area (Å²) in [6.07, 6.45) is 4.52. The third kappa shape index (κ3) is 3.28. The summed E-state index contributed by atoms with van der Waals surface area (Å²) in [5, 5.41) is 3.05. The molecule has 18 heavy (non-hydrogen) atoms. The number of nitrogens with zero attached hydrogens (tertiary/aromatic N) is 2. The Labute approximate surface area is 107 Å². The first-order valence-electron chi connectivity index (χ1n) is 6.04. The van der Waals surface area contributed by atoms with Crippen molar-refractivity contribution in [3.63, 3.8) is 0 Å². The molecule has 0 saturated carbocycles. The van der Waals surface area contributed by atoms with E-state index in [1.165, 1.54) is 5.56 Å². The lowest BCUT2D eigenvalue weighted by atomic mass is 10.2. The van der Waals surface area contributed by atoms with Crippen LogP contribution in [0.3, 0.4) is 0 Å². The van der Waals surface area contributed by atoms with Crippen molar-refractivity contribution in [3.05, 3.63) is 47.8 Å². The number of nitrogens with one attached hydrogen (secondary N) is 1. The molecule has 0 saturated heterocycles. The molecule has 0 amide bonds. The van der Waals surface area contributed by atoms with Crippen molar-refractivity contribution >= 4 is 0 Å². The second-order valence-electron chi connectivity index (χ2n) is 4.01. The topological polar surface area (TPSA) is 47.0 Å². The van der Waals surface area contributed by atoms with Crippen LogP contribution in [0.2, 0.25) is 0 Å². The highest BCUT2D eigenvalue weighted by molar-refractivity contribution is 5.30. The molecule has 4 nitrogen and oxygen atoms in total. The van der Waals surface area contributed by atoms with E-state index in [1.807, 2.05) is 25.2 Å². The van der Waals surface area contributed by atoms with Crippen molar-refractivity contribution in [3.8, 4) is 11.8 Å². The van der Waals surface area contributed by atoms with Gasteiger partial charge in [0.05, 0.1) is 0 Å². The van der Waals surface area contributed by atoms with Crippen molar-refractivity contribution in [1.29, 1.82) is 0 Å². The first-order valence-corrected chi connectivity index (χ1v) is 6.04. The van der Waals surface area contributed by atoms with Crippen LogP contribution in [0.5, 0.6) is 11.8 Å². The number of ether oxygens (including phenoxy) is 1. The van der Waals surface area contributed by atoms with Crippen LogP contribution in [0.15, 0.2) is 36.7 Å². The molecule has 94 valence electrons. The van der Waals surface area contributed by atoms with Crippen LogP contribution in [0, 0.1) is 0 Å². The Balaban J connectivity index is 2.08. The lowest BCUT2D eigenvalue weighted by Gasteiger charge is -2.05. The highest BCUT2D eigenvalue weighted by Gasteiger charge is 2.01. The zero-order valence-electron chi connectivity index (χ0n) is 10.7. The second-order valence-corrected chi connectivity index (χ2v) is 4.01. The summed E-state index contributed by atoms with van der Waals surface area (Å²) < 4.78 is 5.61. The zero-order chi connectivity index (χ0) is 12.8. The maximum absolute atomic E-state index is 5.61. The summed E-state index contributed by atoms with van der Waals surface area (Å²) in [4.78, 5) is 8.35. The number of rotatable bonds is 5. The largest absolute Gasteiger partial charge is 0.424 e. The van der Waals surface area contributed by atoms with Crippen LogP contribution in [0.1, 0.15) is 18.1 Å². The second kappa shape index (κ2) is 6.12. The van der Waals surface area contributed by atoms with E-state index < -0.39 is 0 Å². The number of aryl methyl sites for hydroxylation is 1. The molecule has 0 fully saturated rings. The van der Waals surface area contributed by atoms with Crippen molar-refractivity contribution < 1.29 is 4.74 Å². The van der Waals surface area contributed by atoms with Crippen molar-refractivity contribution in [1.82, 2.24) is 15.3 Å². The fraction of sp³-hybridized carbons (Fsp3) is 0.286. The van der Waals surface area contributed by atoms with E-state index in [0.717, 1.165) is 24.3 Å². The molecule has 2 aromatic rings. The molecular weight excluding hydrogens is 226 g/mol. The van der Waals surface area contributed by atoms with Gasteiger partial charge in [-0.3, -0.25) is 0 Å². The standard InChI is InChI=1S/C14H17N3O/c1-3-11-5-4-6-13(7-11)18-14-16-9-12(8-15-2)10-17-14/h4-7,9-10,15H,3,8H2,1-2H3. The molecule has 1 aromatic heterocycles. The molecule has 1 heterocycles. The van der Waals surface area contributed by atoms with Crippen LogP contribution < -0.4 is 10.1 Å². The van der Waals surface area contributed by atoms with Gasteiger partial charge in [0, 0.05) is 24.5 Å². The van der Waals surface area contributed by atoms with Crippen LogP contribution in [0.25, 0.3) is 0 Å². The van der Waals surface area contributed by atoms with E-state index in [2.05, 4.69) is 28.3 Å². The Bertz CT molecular complexity index is 497. The van der Waals surface area contributed by atoms with Crippen LogP contribution in [-0.4, -0.2) is 17.0 Å². The predicted octanol–water partition coefficient (Wildman–Crippen LogP) is 2.55. The quantitative estimate of drug-likeness (QED) is 0.876. The normalized spacial score (nSPS) is 10.3. The van der Waals surface area contributed by atoms with E-state index >= 15 is 0 Å². The van der Waals surface area contributed by atoms with Gasteiger partial charge in [-0.1, -0.05) is 19.1 Å². The Kier molecular flexibility index (Phi) is 4.25. The molecule has 0 aliphatic rings. The Hall–Kier alpha value is -1.94. The van der Waals surface area contributed by atoms with Crippen LogP contribution in [-0.2, 0) is 13.0 Å². The lowest BCUT2D eigenvalue weighted by Crippen LogP contribution is -2.06. The monoisotopic (exact) mass is 243 g/mol. The molecule has 0 bridgehead atoms. The maximum atomic E-state index is 5.61. The summed E-state index contributed by atoms with van der Waals surface area (Å²) in [6.45, 7) is 2.87. The van der Waals surface area contributed by atoms with Gasteiger partial charge >= 0.3 is 6.01 Å². The summed E-state index contributed by atoms with van der Waals surface area (Å²) in [5.41, 5.74) is 2.27. The molecule has 0 unspecified atom stereocenters. The van der Waals surface area contributed by atoms with Gasteiger partial charge < -0.3 is 10.1 Å². The van der Waals surface area contributed by atoms with Gasteiger partial charge in [0.15, 0.2) is 0 Å². The van der Waals surface area contributed by atoms with Crippen molar-refractivity contribution in [2.45, 2.75) is 19.9 Å². The number of hydrogen-bond donors (Lipinski definition) is 1. The predicted molar refractivity (Wildman–Crippen MR) is 70.7 cm³/mol. The highest BCUT2D eigenvalue weighted by Crippen LogP contribution is 2.19. The highest BCUT2D eigenvalue weighted by atomic mass is 16.5. The van der Waals surface area contributed by atoms with E-state index in [0.29, 0.717) is 6.01 Å². The molecule has 0 radical (unpaired) electrons. The SMILES string of the molecule is CCc1cccc(Oc2ncc(CNC)cn2)c1. The lowest BCUT2D eigenvalue weighted by molar-refractivity contribution is 0.440. The van der Waals surface area contributed by atoms with E-state index in [1.54, 1.807) is 12.4 Å². The maximum Gasteiger partial charge on any atom is 0.321 e. The summed E-state index contributed by atoms with van der Waals surface area (Å²) in [6, 6.07) is 8.34. The van der Waals surface area contributed by atoms with Gasteiger partial charge in [0.25, 0.3) is 0 Å². The fourth-order valence-corrected chi connectivity index (χ4v) is 1.63. The molecule has 1 N–H and O–H groups in total. The first-order chi connectivity index (χ1) is 8.81. The third-order valence-electron chi connectivity index (χ3n) is 2.58. The molecule has 0 atom stereocenters. The number of hydrogen-bond acceptors (Lipinski definition) is 4. The van der Waals surface area contributed by atoms with E-state index in [-0.39, 0.29) is 0 Å². The molecule has 1 aromatic carbocycles. The molecule has 4 heteroatoms. The minimum Gasteiger partial charge on any atom is -0.424 e. The number of aromatic nitrogens is 2. The van der Waals surface area contributed by atoms with Gasteiger partial charge in [-0.15, -0.1) is 0 Å². The van der Waals surface area contributed by atoms with E-state index in [4.69, 9.17) is 4.74 Å². The van der Waals surface area contributed by atoms with Gasteiger partial charge in [-0.05, 0) is 31.2 Å². The fourth-order valence-electron chi connectivity index (χ4n) is 1.63. The Morgan fingerprint density at radius 3 is 2.61 bits per heavy atom. The number of benzene rings is 1. The van der Waals surface area contributed by atoms with Crippen LogP contribution in [0.4, 0.5) is 0 Å². The first kappa shape index (κ1) is 12.5. The van der Waals surface area contributed by atoms with E-state index in [9.17, 15) is 0 Å². The van der Waals surface area contributed by atoms with Gasteiger partial charge in [-0.2, -0.15) is 0 Å².